The molecule has 0 saturated heterocycles. The van der Waals surface area contributed by atoms with Crippen molar-refractivity contribution in [2.45, 2.75) is 6.18 Å². The minimum atomic E-state index is -4.46. The van der Waals surface area contributed by atoms with Crippen molar-refractivity contribution in [2.75, 3.05) is 19.5 Å². The van der Waals surface area contributed by atoms with Gasteiger partial charge in [0, 0.05) is 5.69 Å². The second-order valence-corrected chi connectivity index (χ2v) is 5.86. The quantitative estimate of drug-likeness (QED) is 0.631. The molecule has 0 radical (unpaired) electrons. The molecule has 10 heteroatoms. The van der Waals surface area contributed by atoms with Gasteiger partial charge < -0.3 is 19.5 Å². The van der Waals surface area contributed by atoms with Crippen LogP contribution in [-0.2, 0) is 6.18 Å². The van der Waals surface area contributed by atoms with Gasteiger partial charge in [-0.3, -0.25) is 4.79 Å². The van der Waals surface area contributed by atoms with E-state index >= 15 is 0 Å². The Labute approximate surface area is 169 Å². The average Bonchev–Trinajstić information content (AvgIpc) is 2.73. The number of anilines is 1. The van der Waals surface area contributed by atoms with E-state index < -0.39 is 17.6 Å². The van der Waals surface area contributed by atoms with Crippen LogP contribution < -0.4 is 19.5 Å². The lowest BCUT2D eigenvalue weighted by Gasteiger charge is -2.12. The van der Waals surface area contributed by atoms with Crippen LogP contribution in [0, 0.1) is 0 Å². The van der Waals surface area contributed by atoms with Crippen molar-refractivity contribution in [1.82, 2.24) is 9.97 Å². The van der Waals surface area contributed by atoms with E-state index in [1.54, 1.807) is 12.1 Å². The normalized spacial score (nSPS) is 11.0. The largest absolute Gasteiger partial charge is 0.481 e. The van der Waals surface area contributed by atoms with E-state index in [1.165, 1.54) is 44.6 Å². The lowest BCUT2D eigenvalue weighted by molar-refractivity contribution is -0.137. The van der Waals surface area contributed by atoms with Gasteiger partial charge in [-0.2, -0.15) is 23.1 Å². The Morgan fingerprint density at radius 2 is 1.53 bits per heavy atom. The van der Waals surface area contributed by atoms with Crippen LogP contribution in [0.25, 0.3) is 0 Å². The highest BCUT2D eigenvalue weighted by Gasteiger charge is 2.30. The summed E-state index contributed by atoms with van der Waals surface area (Å²) in [7, 11) is 2.83. The molecular formula is C20H16F3N3O4. The number of hydrogen-bond donors (Lipinski definition) is 1. The number of halogens is 3. The Kier molecular flexibility index (Phi) is 6.05. The third-order valence-electron chi connectivity index (χ3n) is 3.88. The number of carbonyl (C=O) groups is 1. The first kappa shape index (κ1) is 20.9. The van der Waals surface area contributed by atoms with Gasteiger partial charge in [0.2, 0.25) is 11.8 Å². The van der Waals surface area contributed by atoms with E-state index in [1.807, 2.05) is 0 Å². The monoisotopic (exact) mass is 419 g/mol. The number of para-hydroxylation sites is 1. The molecule has 1 amide bonds. The molecule has 0 aliphatic carbocycles. The highest BCUT2D eigenvalue weighted by Crippen LogP contribution is 2.30. The molecule has 0 aliphatic heterocycles. The van der Waals surface area contributed by atoms with Crippen LogP contribution in [-0.4, -0.2) is 30.1 Å². The molecule has 0 aliphatic rings. The van der Waals surface area contributed by atoms with E-state index in [2.05, 4.69) is 15.3 Å². The zero-order valence-corrected chi connectivity index (χ0v) is 15.9. The van der Waals surface area contributed by atoms with Gasteiger partial charge in [-0.05, 0) is 36.4 Å². The van der Waals surface area contributed by atoms with Crippen LogP contribution in [0.5, 0.6) is 23.5 Å². The Morgan fingerprint density at radius 1 is 0.933 bits per heavy atom. The van der Waals surface area contributed by atoms with Gasteiger partial charge in [-0.15, -0.1) is 0 Å². The van der Waals surface area contributed by atoms with Crippen LogP contribution in [0.1, 0.15) is 15.9 Å². The Balaban J connectivity index is 1.82. The smallest absolute Gasteiger partial charge is 0.416 e. The molecule has 0 unspecified atom stereocenters. The van der Waals surface area contributed by atoms with Crippen molar-refractivity contribution < 1.29 is 32.2 Å². The summed E-state index contributed by atoms with van der Waals surface area (Å²) in [6, 6.07) is 11.7. The number of amides is 1. The fourth-order valence-corrected chi connectivity index (χ4v) is 2.42. The summed E-state index contributed by atoms with van der Waals surface area (Å²) in [5.74, 6) is -0.0514. The summed E-state index contributed by atoms with van der Waals surface area (Å²) in [6.07, 6.45) is -4.46. The number of aromatic nitrogens is 2. The molecule has 3 rings (SSSR count). The number of nitrogens with one attached hydrogen (secondary N) is 1. The van der Waals surface area contributed by atoms with Gasteiger partial charge in [0.05, 0.1) is 31.4 Å². The summed E-state index contributed by atoms with van der Waals surface area (Å²) in [4.78, 5) is 20.7. The van der Waals surface area contributed by atoms with E-state index in [9.17, 15) is 18.0 Å². The summed E-state index contributed by atoms with van der Waals surface area (Å²) in [5, 5.41) is 2.53. The molecule has 7 nitrogen and oxygen atoms in total. The van der Waals surface area contributed by atoms with Gasteiger partial charge in [0.15, 0.2) is 0 Å². The zero-order valence-electron chi connectivity index (χ0n) is 15.9. The molecule has 1 N–H and O–H groups in total. The fraction of sp³-hybridized carbons (Fsp3) is 0.150. The molecule has 1 heterocycles. The Hall–Kier alpha value is -3.82. The van der Waals surface area contributed by atoms with Crippen LogP contribution >= 0.6 is 0 Å². The van der Waals surface area contributed by atoms with E-state index in [0.717, 1.165) is 12.1 Å². The van der Waals surface area contributed by atoms with E-state index in [0.29, 0.717) is 0 Å². The number of hydrogen-bond acceptors (Lipinski definition) is 6. The fourth-order valence-electron chi connectivity index (χ4n) is 2.42. The molecule has 0 spiro atoms. The molecule has 2 aromatic carbocycles. The van der Waals surface area contributed by atoms with Crippen molar-refractivity contribution in [3.8, 4) is 23.5 Å². The van der Waals surface area contributed by atoms with E-state index in [4.69, 9.17) is 14.2 Å². The first-order valence-electron chi connectivity index (χ1n) is 8.52. The summed E-state index contributed by atoms with van der Waals surface area (Å²) in [6.45, 7) is 0. The second-order valence-electron chi connectivity index (χ2n) is 5.86. The predicted molar refractivity (Wildman–Crippen MR) is 101 cm³/mol. The van der Waals surface area contributed by atoms with Gasteiger partial charge in [-0.1, -0.05) is 12.1 Å². The number of methoxy groups -OCH3 is 2. The summed E-state index contributed by atoms with van der Waals surface area (Å²) < 4.78 is 53.8. The molecule has 3 aromatic rings. The number of alkyl halides is 3. The maximum Gasteiger partial charge on any atom is 0.416 e. The topological polar surface area (TPSA) is 82.6 Å². The van der Waals surface area contributed by atoms with Gasteiger partial charge in [0.1, 0.15) is 5.75 Å². The van der Waals surface area contributed by atoms with Crippen molar-refractivity contribution >= 4 is 11.6 Å². The highest BCUT2D eigenvalue weighted by atomic mass is 19.4. The zero-order chi connectivity index (χ0) is 21.7. The van der Waals surface area contributed by atoms with Gasteiger partial charge in [-0.25, -0.2) is 0 Å². The van der Waals surface area contributed by atoms with Gasteiger partial charge in [0.25, 0.3) is 5.91 Å². The van der Waals surface area contributed by atoms with Gasteiger partial charge >= 0.3 is 12.2 Å². The molecule has 0 bridgehead atoms. The minimum absolute atomic E-state index is 0.110. The molecule has 156 valence electrons. The molecular weight excluding hydrogens is 403 g/mol. The third kappa shape index (κ3) is 4.96. The van der Waals surface area contributed by atoms with Crippen molar-refractivity contribution in [3.63, 3.8) is 0 Å². The van der Waals surface area contributed by atoms with Crippen LogP contribution in [0.15, 0.2) is 54.6 Å². The highest BCUT2D eigenvalue weighted by molar-refractivity contribution is 6.06. The second kappa shape index (κ2) is 8.68. The van der Waals surface area contributed by atoms with Crippen molar-refractivity contribution in [1.29, 1.82) is 0 Å². The Morgan fingerprint density at radius 3 is 2.10 bits per heavy atom. The number of ether oxygens (including phenoxy) is 3. The van der Waals surface area contributed by atoms with Crippen LogP contribution in [0.4, 0.5) is 18.9 Å². The van der Waals surface area contributed by atoms with E-state index in [-0.39, 0.29) is 34.8 Å². The number of carbonyl (C=O) groups excluding carboxylic acids is 1. The third-order valence-corrected chi connectivity index (χ3v) is 3.88. The minimum Gasteiger partial charge on any atom is -0.481 e. The molecule has 1 aromatic heterocycles. The maximum atomic E-state index is 12.7. The molecule has 0 saturated carbocycles. The lowest BCUT2D eigenvalue weighted by Crippen LogP contribution is -2.13. The van der Waals surface area contributed by atoms with Crippen LogP contribution in [0.3, 0.4) is 0 Å². The lowest BCUT2D eigenvalue weighted by atomic mass is 10.1. The molecule has 0 fully saturated rings. The molecule has 0 atom stereocenters. The summed E-state index contributed by atoms with van der Waals surface area (Å²) in [5.41, 5.74) is -0.488. The molecule has 30 heavy (non-hydrogen) atoms. The predicted octanol–water partition coefficient (Wildman–Crippen LogP) is 4.56. The number of rotatable bonds is 6. The van der Waals surface area contributed by atoms with Crippen molar-refractivity contribution in [3.05, 3.63) is 65.7 Å². The first-order chi connectivity index (χ1) is 14.3. The SMILES string of the molecule is COc1cc(OC)nc(Oc2ccccc2C(=O)Nc2ccc(C(F)(F)F)cc2)n1. The van der Waals surface area contributed by atoms with Crippen molar-refractivity contribution in [2.24, 2.45) is 0 Å². The average molecular weight is 419 g/mol. The van der Waals surface area contributed by atoms with Crippen LogP contribution in [0.2, 0.25) is 0 Å². The summed E-state index contributed by atoms with van der Waals surface area (Å²) >= 11 is 0. The number of nitrogens with zero attached hydrogens (tertiary/aromatic N) is 2. The Bertz CT molecular complexity index is 1020. The maximum absolute atomic E-state index is 12.7. The number of benzene rings is 2. The first-order valence-corrected chi connectivity index (χ1v) is 8.52. The standard InChI is InChI=1S/C20H16F3N3O4/c1-28-16-11-17(29-2)26-19(25-16)30-15-6-4-3-5-14(15)18(27)24-13-9-7-12(8-10-13)20(21,22)23/h3-11H,1-2H3,(H,24,27).